The highest BCUT2D eigenvalue weighted by molar-refractivity contribution is 6.32. The van der Waals surface area contributed by atoms with Gasteiger partial charge in [-0.25, -0.2) is 9.97 Å². The molecule has 2 aromatic carbocycles. The molecular formula is C19H17ClN4O2. The Balaban J connectivity index is 1.67. The van der Waals surface area contributed by atoms with Crippen LogP contribution in [-0.2, 0) is 6.54 Å². The quantitative estimate of drug-likeness (QED) is 0.687. The first-order valence-electron chi connectivity index (χ1n) is 7.91. The Morgan fingerprint density at radius 2 is 1.96 bits per heavy atom. The molecule has 6 nitrogen and oxygen atoms in total. The third-order valence-corrected chi connectivity index (χ3v) is 3.89. The number of halogens is 1. The second kappa shape index (κ2) is 8.31. The summed E-state index contributed by atoms with van der Waals surface area (Å²) in [4.78, 5) is 20.8. The molecule has 1 amide bonds. The number of carbonyl (C=O) groups is 1. The van der Waals surface area contributed by atoms with Crippen LogP contribution >= 0.6 is 11.6 Å². The Labute approximate surface area is 156 Å². The van der Waals surface area contributed by atoms with Crippen LogP contribution in [0.3, 0.4) is 0 Å². The lowest BCUT2D eigenvalue weighted by Gasteiger charge is -2.09. The molecule has 0 bridgehead atoms. The lowest BCUT2D eigenvalue weighted by Crippen LogP contribution is -2.15. The van der Waals surface area contributed by atoms with Crippen molar-refractivity contribution in [2.24, 2.45) is 0 Å². The van der Waals surface area contributed by atoms with E-state index in [1.807, 2.05) is 30.3 Å². The molecule has 3 aromatic rings. The molecule has 0 spiro atoms. The Morgan fingerprint density at radius 1 is 1.15 bits per heavy atom. The molecule has 0 unspecified atom stereocenters. The maximum absolute atomic E-state index is 12.4. The van der Waals surface area contributed by atoms with Gasteiger partial charge in [0.1, 0.15) is 11.4 Å². The van der Waals surface area contributed by atoms with E-state index in [1.54, 1.807) is 24.3 Å². The van der Waals surface area contributed by atoms with Crippen LogP contribution < -0.4 is 15.4 Å². The maximum Gasteiger partial charge on any atom is 0.274 e. The number of aromatic nitrogens is 2. The van der Waals surface area contributed by atoms with E-state index in [0.29, 0.717) is 29.0 Å². The van der Waals surface area contributed by atoms with Crippen LogP contribution in [0.15, 0.2) is 60.8 Å². The summed E-state index contributed by atoms with van der Waals surface area (Å²) < 4.78 is 5.10. The van der Waals surface area contributed by atoms with Crippen molar-refractivity contribution in [2.75, 3.05) is 17.7 Å². The molecule has 26 heavy (non-hydrogen) atoms. The number of nitrogens with one attached hydrogen (secondary N) is 2. The second-order valence-electron chi connectivity index (χ2n) is 5.41. The highest BCUT2D eigenvalue weighted by Gasteiger charge is 2.10. The normalized spacial score (nSPS) is 10.2. The molecule has 0 aliphatic rings. The second-order valence-corrected chi connectivity index (χ2v) is 5.82. The van der Waals surface area contributed by atoms with E-state index in [-0.39, 0.29) is 11.6 Å². The van der Waals surface area contributed by atoms with Crippen LogP contribution in [-0.4, -0.2) is 23.0 Å². The number of nitrogens with zero attached hydrogens (tertiary/aromatic N) is 2. The molecule has 0 fully saturated rings. The van der Waals surface area contributed by atoms with E-state index >= 15 is 0 Å². The first-order valence-corrected chi connectivity index (χ1v) is 8.29. The fourth-order valence-electron chi connectivity index (χ4n) is 2.29. The Kier molecular flexibility index (Phi) is 5.66. The van der Waals surface area contributed by atoms with Crippen LogP contribution in [0.25, 0.3) is 0 Å². The van der Waals surface area contributed by atoms with Crippen molar-refractivity contribution in [1.29, 1.82) is 0 Å². The fourth-order valence-corrected chi connectivity index (χ4v) is 2.54. The molecule has 0 radical (unpaired) electrons. The van der Waals surface area contributed by atoms with Crippen molar-refractivity contribution < 1.29 is 9.53 Å². The number of carbonyl (C=O) groups excluding carboxylic acids is 1. The first-order chi connectivity index (χ1) is 12.7. The highest BCUT2D eigenvalue weighted by Crippen LogP contribution is 2.27. The van der Waals surface area contributed by atoms with Gasteiger partial charge in [-0.3, -0.25) is 4.79 Å². The fraction of sp³-hybridized carbons (Fsp3) is 0.105. The molecule has 7 heteroatoms. The predicted octanol–water partition coefficient (Wildman–Crippen LogP) is 4.00. The molecule has 3 rings (SSSR count). The van der Waals surface area contributed by atoms with Gasteiger partial charge in [0.05, 0.1) is 12.1 Å². The van der Waals surface area contributed by atoms with Crippen molar-refractivity contribution in [3.05, 3.63) is 77.1 Å². The van der Waals surface area contributed by atoms with Gasteiger partial charge < -0.3 is 15.4 Å². The largest absolute Gasteiger partial charge is 0.495 e. The lowest BCUT2D eigenvalue weighted by atomic mass is 10.2. The number of hydrogen-bond donors (Lipinski definition) is 2. The van der Waals surface area contributed by atoms with Gasteiger partial charge in [-0.05, 0) is 29.8 Å². The smallest absolute Gasteiger partial charge is 0.274 e. The standard InChI is InChI=1S/C19H17ClN4O2/c1-26-17-8-7-14(11-15(17)20)23-18(25)16-9-10-21-19(24-16)22-12-13-5-3-2-4-6-13/h2-11H,12H2,1H3,(H,23,25)(H,21,22,24). The van der Waals surface area contributed by atoms with Crippen molar-refractivity contribution in [3.8, 4) is 5.75 Å². The van der Waals surface area contributed by atoms with E-state index in [1.165, 1.54) is 13.3 Å². The van der Waals surface area contributed by atoms with Gasteiger partial charge in [-0.15, -0.1) is 0 Å². The number of methoxy groups -OCH3 is 1. The van der Waals surface area contributed by atoms with Crippen LogP contribution in [0.1, 0.15) is 16.1 Å². The van der Waals surface area contributed by atoms with Gasteiger partial charge in [-0.1, -0.05) is 41.9 Å². The van der Waals surface area contributed by atoms with E-state index in [9.17, 15) is 4.79 Å². The first kappa shape index (κ1) is 17.7. The molecule has 0 atom stereocenters. The molecule has 0 saturated carbocycles. The highest BCUT2D eigenvalue weighted by atomic mass is 35.5. The van der Waals surface area contributed by atoms with Crippen LogP contribution in [0, 0.1) is 0 Å². The zero-order valence-electron chi connectivity index (χ0n) is 14.1. The average molecular weight is 369 g/mol. The Hall–Kier alpha value is -3.12. The lowest BCUT2D eigenvalue weighted by molar-refractivity contribution is 0.102. The summed E-state index contributed by atoms with van der Waals surface area (Å²) in [6.45, 7) is 0.569. The topological polar surface area (TPSA) is 76.1 Å². The average Bonchev–Trinajstić information content (AvgIpc) is 2.67. The molecule has 0 saturated heterocycles. The van der Waals surface area contributed by atoms with Gasteiger partial charge >= 0.3 is 0 Å². The van der Waals surface area contributed by atoms with Gasteiger partial charge in [-0.2, -0.15) is 0 Å². The summed E-state index contributed by atoms with van der Waals surface area (Å²) in [5.41, 5.74) is 1.90. The summed E-state index contributed by atoms with van der Waals surface area (Å²) >= 11 is 6.07. The summed E-state index contributed by atoms with van der Waals surface area (Å²) in [5.74, 6) is 0.574. The number of rotatable bonds is 6. The third kappa shape index (κ3) is 4.49. The summed E-state index contributed by atoms with van der Waals surface area (Å²) in [6.07, 6.45) is 1.54. The number of amides is 1. The summed E-state index contributed by atoms with van der Waals surface area (Å²) in [6, 6.07) is 16.4. The maximum atomic E-state index is 12.4. The van der Waals surface area contributed by atoms with Crippen molar-refractivity contribution in [1.82, 2.24) is 9.97 Å². The number of anilines is 2. The molecular weight excluding hydrogens is 352 g/mol. The van der Waals surface area contributed by atoms with Crippen LogP contribution in [0.5, 0.6) is 5.75 Å². The minimum Gasteiger partial charge on any atom is -0.495 e. The van der Waals surface area contributed by atoms with Gasteiger partial charge in [0.25, 0.3) is 5.91 Å². The summed E-state index contributed by atoms with van der Waals surface area (Å²) in [5, 5.41) is 6.27. The molecule has 132 valence electrons. The SMILES string of the molecule is COc1ccc(NC(=O)c2ccnc(NCc3ccccc3)n2)cc1Cl. The molecule has 2 N–H and O–H groups in total. The molecule has 0 aliphatic carbocycles. The van der Waals surface area contributed by atoms with E-state index in [4.69, 9.17) is 16.3 Å². The molecule has 1 aromatic heterocycles. The van der Waals surface area contributed by atoms with Gasteiger partial charge in [0, 0.05) is 18.4 Å². The minimum atomic E-state index is -0.351. The van der Waals surface area contributed by atoms with Crippen molar-refractivity contribution in [3.63, 3.8) is 0 Å². The number of ether oxygens (including phenoxy) is 1. The number of benzene rings is 2. The number of hydrogen-bond acceptors (Lipinski definition) is 5. The Bertz CT molecular complexity index is 903. The van der Waals surface area contributed by atoms with E-state index < -0.39 is 0 Å². The third-order valence-electron chi connectivity index (χ3n) is 3.59. The van der Waals surface area contributed by atoms with Crippen LogP contribution in [0.2, 0.25) is 5.02 Å². The predicted molar refractivity (Wildman–Crippen MR) is 102 cm³/mol. The summed E-state index contributed by atoms with van der Waals surface area (Å²) in [7, 11) is 1.53. The van der Waals surface area contributed by atoms with E-state index in [2.05, 4.69) is 20.6 Å². The van der Waals surface area contributed by atoms with Crippen molar-refractivity contribution >= 4 is 29.1 Å². The zero-order valence-corrected chi connectivity index (χ0v) is 14.8. The van der Waals surface area contributed by atoms with Gasteiger partial charge in [0.15, 0.2) is 0 Å². The minimum absolute atomic E-state index is 0.252. The van der Waals surface area contributed by atoms with E-state index in [0.717, 1.165) is 5.56 Å². The molecule has 1 heterocycles. The van der Waals surface area contributed by atoms with Crippen LogP contribution in [0.4, 0.5) is 11.6 Å². The van der Waals surface area contributed by atoms with Gasteiger partial charge in [0.2, 0.25) is 5.95 Å². The van der Waals surface area contributed by atoms with Crippen molar-refractivity contribution in [2.45, 2.75) is 6.54 Å². The monoisotopic (exact) mass is 368 g/mol. The zero-order chi connectivity index (χ0) is 18.4. The Morgan fingerprint density at radius 3 is 2.69 bits per heavy atom. The molecule has 0 aliphatic heterocycles.